The molecule has 0 saturated carbocycles. The smallest absolute Gasteiger partial charge is 0.346 e. The lowest BCUT2D eigenvalue weighted by atomic mass is 9.80. The Kier molecular flexibility index (Phi) is 7.13. The van der Waals surface area contributed by atoms with E-state index in [0.717, 1.165) is 25.5 Å². The summed E-state index contributed by atoms with van der Waals surface area (Å²) in [5.74, 6) is -0.261. The number of halogens is 1. The largest absolute Gasteiger partial charge is 0.424 e. The van der Waals surface area contributed by atoms with Gasteiger partial charge in [0.25, 0.3) is 10.0 Å². The van der Waals surface area contributed by atoms with Gasteiger partial charge >= 0.3 is 5.97 Å². The second kappa shape index (κ2) is 10.4. The lowest BCUT2D eigenvalue weighted by Crippen LogP contribution is -2.46. The number of esters is 1. The molecule has 2 atom stereocenters. The zero-order valence-corrected chi connectivity index (χ0v) is 24.0. The Labute approximate surface area is 236 Å². The summed E-state index contributed by atoms with van der Waals surface area (Å²) < 4.78 is 35.9. The molecule has 0 bridgehead atoms. The van der Waals surface area contributed by atoms with Gasteiger partial charge in [0, 0.05) is 10.7 Å². The molecule has 7 nitrogen and oxygen atoms in total. The van der Waals surface area contributed by atoms with Gasteiger partial charge in [0.05, 0.1) is 0 Å². The summed E-state index contributed by atoms with van der Waals surface area (Å²) in [7, 11) is -4.20. The highest BCUT2D eigenvalue weighted by Crippen LogP contribution is 2.49. The fraction of sp³-hybridized carbons (Fsp3) is 0.167. The summed E-state index contributed by atoms with van der Waals surface area (Å²) in [5.41, 5.74) is 1.96. The number of carbonyl (C=O) groups excluding carboxylic acids is 1. The van der Waals surface area contributed by atoms with Crippen LogP contribution in [0.4, 0.5) is 0 Å². The maximum Gasteiger partial charge on any atom is 0.346 e. The van der Waals surface area contributed by atoms with Gasteiger partial charge in [0.1, 0.15) is 18.1 Å². The van der Waals surface area contributed by atoms with E-state index in [9.17, 15) is 13.2 Å². The molecule has 39 heavy (non-hydrogen) atoms. The van der Waals surface area contributed by atoms with Gasteiger partial charge in [-0.3, -0.25) is 0 Å². The van der Waals surface area contributed by atoms with Crippen LogP contribution in [0.15, 0.2) is 106 Å². The molecule has 0 N–H and O–H groups in total. The normalized spacial score (nSPS) is 18.8. The lowest BCUT2D eigenvalue weighted by molar-refractivity contribution is -0.142. The minimum absolute atomic E-state index is 0.152. The molecule has 0 spiro atoms. The van der Waals surface area contributed by atoms with Crippen molar-refractivity contribution in [3.05, 3.63) is 123 Å². The van der Waals surface area contributed by atoms with Gasteiger partial charge in [-0.25, -0.2) is 19.1 Å². The Bertz CT molecular complexity index is 1640. The third kappa shape index (κ3) is 4.77. The van der Waals surface area contributed by atoms with E-state index in [1.807, 2.05) is 39.0 Å². The maximum atomic E-state index is 14.4. The average Bonchev–Trinajstić information content (AvgIpc) is 3.34. The van der Waals surface area contributed by atoms with Crippen LogP contribution in [-0.4, -0.2) is 30.0 Å². The summed E-state index contributed by atoms with van der Waals surface area (Å²) in [6.45, 7) is 5.72. The van der Waals surface area contributed by atoms with Crippen LogP contribution in [0.2, 0.25) is 0 Å². The number of ether oxygens (including phenoxy) is 1. The molecule has 5 rings (SSSR count). The molecular weight excluding hydrogens is 578 g/mol. The van der Waals surface area contributed by atoms with Gasteiger partial charge in [0.2, 0.25) is 5.54 Å². The van der Waals surface area contributed by atoms with Crippen LogP contribution in [0.5, 0.6) is 5.75 Å². The number of carbonyl (C=O) groups is 1. The van der Waals surface area contributed by atoms with Crippen LogP contribution < -0.4 is 4.74 Å². The summed E-state index contributed by atoms with van der Waals surface area (Å²) in [6.07, 6.45) is 2.62. The molecule has 1 aliphatic heterocycles. The van der Waals surface area contributed by atoms with Crippen LogP contribution >= 0.6 is 15.9 Å². The highest BCUT2D eigenvalue weighted by Gasteiger charge is 2.58. The Morgan fingerprint density at radius 3 is 2.18 bits per heavy atom. The third-order valence-corrected chi connectivity index (χ3v) is 8.87. The van der Waals surface area contributed by atoms with E-state index < -0.39 is 27.6 Å². The quantitative estimate of drug-likeness (QED) is 0.198. The van der Waals surface area contributed by atoms with Crippen LogP contribution in [0.1, 0.15) is 33.9 Å². The predicted octanol–water partition coefficient (Wildman–Crippen LogP) is 6.04. The molecule has 0 aliphatic carbocycles. The van der Waals surface area contributed by atoms with Crippen molar-refractivity contribution in [2.45, 2.75) is 37.4 Å². The molecule has 1 aliphatic rings. The molecule has 0 radical (unpaired) electrons. The Morgan fingerprint density at radius 1 is 0.923 bits per heavy atom. The van der Waals surface area contributed by atoms with E-state index in [0.29, 0.717) is 16.9 Å². The number of hydrogen-bond donors (Lipinski definition) is 0. The first kappa shape index (κ1) is 26.8. The van der Waals surface area contributed by atoms with Crippen molar-refractivity contribution in [2.24, 2.45) is 4.99 Å². The van der Waals surface area contributed by atoms with Gasteiger partial charge in [-0.15, -0.1) is 0 Å². The van der Waals surface area contributed by atoms with Crippen LogP contribution in [0.3, 0.4) is 0 Å². The first-order valence-corrected chi connectivity index (χ1v) is 14.5. The van der Waals surface area contributed by atoms with Crippen molar-refractivity contribution in [3.8, 4) is 5.75 Å². The van der Waals surface area contributed by atoms with E-state index in [-0.39, 0.29) is 5.03 Å². The van der Waals surface area contributed by atoms with Gasteiger partial charge in [-0.1, -0.05) is 82.2 Å². The molecule has 9 heteroatoms. The molecule has 1 aromatic heterocycles. The standard InChI is InChI=1S/C30H26BrN3O4S/c1-20-17-21(2)27(22(3)18-20)38-29(35)30(24-9-5-4-6-10-24)28(23-12-14-25(31)15-13-23)34(19-33-30)39(36,37)26-11-7-8-16-32-26/h4-19,28H,1-3H3/t28-,30+/m0/s1. The fourth-order valence-electron chi connectivity index (χ4n) is 5.02. The molecule has 4 aromatic rings. The van der Waals surface area contributed by atoms with Crippen molar-refractivity contribution < 1.29 is 17.9 Å². The van der Waals surface area contributed by atoms with Crippen molar-refractivity contribution in [2.75, 3.05) is 0 Å². The van der Waals surface area contributed by atoms with Crippen molar-refractivity contribution in [1.29, 1.82) is 0 Å². The van der Waals surface area contributed by atoms with E-state index in [1.165, 1.54) is 18.6 Å². The highest BCUT2D eigenvalue weighted by molar-refractivity contribution is 9.10. The van der Waals surface area contributed by atoms with Crippen molar-refractivity contribution in [3.63, 3.8) is 0 Å². The number of aryl methyl sites for hydroxylation is 3. The summed E-state index contributed by atoms with van der Waals surface area (Å²) in [5, 5.41) is -0.152. The first-order chi connectivity index (χ1) is 18.6. The summed E-state index contributed by atoms with van der Waals surface area (Å²) in [4.78, 5) is 23.2. The molecular formula is C30H26BrN3O4S. The number of hydrogen-bond acceptors (Lipinski definition) is 6. The lowest BCUT2D eigenvalue weighted by Gasteiger charge is -2.35. The molecule has 0 saturated heterocycles. The number of benzene rings is 3. The Morgan fingerprint density at radius 2 is 1.56 bits per heavy atom. The van der Waals surface area contributed by atoms with E-state index in [1.54, 1.807) is 60.7 Å². The number of sulfonamides is 1. The van der Waals surface area contributed by atoms with Gasteiger partial charge in [0.15, 0.2) is 5.03 Å². The zero-order valence-electron chi connectivity index (χ0n) is 21.6. The third-order valence-electron chi connectivity index (χ3n) is 6.72. The number of aromatic nitrogens is 1. The number of pyridine rings is 1. The monoisotopic (exact) mass is 603 g/mol. The van der Waals surface area contributed by atoms with Gasteiger partial charge in [-0.2, -0.15) is 8.42 Å². The Balaban J connectivity index is 1.73. The SMILES string of the molecule is Cc1cc(C)c(OC(=O)[C@]2(c3ccccc3)N=CN(S(=O)(=O)c3ccccn3)[C@H]2c2ccc(Br)cc2)c(C)c1. The number of aliphatic imine (C=N–C) groups is 1. The van der Waals surface area contributed by atoms with E-state index in [2.05, 4.69) is 25.9 Å². The minimum Gasteiger partial charge on any atom is -0.424 e. The topological polar surface area (TPSA) is 88.9 Å². The first-order valence-electron chi connectivity index (χ1n) is 12.3. The number of rotatable bonds is 6. The molecule has 0 unspecified atom stereocenters. The predicted molar refractivity (Wildman–Crippen MR) is 153 cm³/mol. The van der Waals surface area contributed by atoms with E-state index in [4.69, 9.17) is 4.74 Å². The highest BCUT2D eigenvalue weighted by atomic mass is 79.9. The molecule has 198 valence electrons. The van der Waals surface area contributed by atoms with Gasteiger partial charge in [-0.05, 0) is 67.3 Å². The molecule has 2 heterocycles. The second-order valence-electron chi connectivity index (χ2n) is 9.45. The minimum atomic E-state index is -4.20. The molecule has 0 fully saturated rings. The van der Waals surface area contributed by atoms with Crippen LogP contribution in [-0.2, 0) is 20.4 Å². The Hall–Kier alpha value is -3.82. The van der Waals surface area contributed by atoms with Crippen molar-refractivity contribution in [1.82, 2.24) is 9.29 Å². The summed E-state index contributed by atoms with van der Waals surface area (Å²) in [6, 6.07) is 23.5. The van der Waals surface area contributed by atoms with Crippen LogP contribution in [0.25, 0.3) is 0 Å². The number of nitrogens with zero attached hydrogens (tertiary/aromatic N) is 3. The summed E-state index contributed by atoms with van der Waals surface area (Å²) >= 11 is 3.45. The zero-order chi connectivity index (χ0) is 27.8. The van der Waals surface area contributed by atoms with Crippen LogP contribution in [0, 0.1) is 20.8 Å². The fourth-order valence-corrected chi connectivity index (χ4v) is 6.66. The molecule has 3 aromatic carbocycles. The second-order valence-corrected chi connectivity index (χ2v) is 12.2. The molecule has 0 amide bonds. The maximum absolute atomic E-state index is 14.4. The van der Waals surface area contributed by atoms with Gasteiger partial charge < -0.3 is 4.74 Å². The van der Waals surface area contributed by atoms with E-state index >= 15 is 0 Å². The average molecular weight is 605 g/mol. The van der Waals surface area contributed by atoms with Crippen molar-refractivity contribution >= 4 is 38.3 Å².